The summed E-state index contributed by atoms with van der Waals surface area (Å²) in [6, 6.07) is 11.8. The number of primary amides is 1. The van der Waals surface area contributed by atoms with Crippen molar-refractivity contribution in [2.24, 2.45) is 5.73 Å². The molecule has 0 heterocycles. The third-order valence-corrected chi connectivity index (χ3v) is 3.13. The molecule has 0 radical (unpaired) electrons. The van der Waals surface area contributed by atoms with Crippen molar-refractivity contribution >= 4 is 23.5 Å². The Morgan fingerprint density at radius 2 is 1.84 bits per heavy atom. The van der Waals surface area contributed by atoms with Gasteiger partial charge in [-0.1, -0.05) is 12.1 Å². The van der Waals surface area contributed by atoms with Crippen LogP contribution in [0.3, 0.4) is 0 Å². The molecule has 0 aliphatic heterocycles. The van der Waals surface area contributed by atoms with Crippen LogP contribution in [-0.4, -0.2) is 29.5 Å². The summed E-state index contributed by atoms with van der Waals surface area (Å²) in [5.41, 5.74) is 5.19. The minimum atomic E-state index is -1.22. The van der Waals surface area contributed by atoms with Crippen molar-refractivity contribution in [1.29, 1.82) is 5.26 Å². The molecule has 0 aliphatic carbocycles. The first kappa shape index (κ1) is 17.5. The van der Waals surface area contributed by atoms with Crippen LogP contribution in [0.1, 0.15) is 26.3 Å². The van der Waals surface area contributed by atoms with Gasteiger partial charge in [0.15, 0.2) is 6.61 Å². The van der Waals surface area contributed by atoms with Crippen LogP contribution in [-0.2, 0) is 4.79 Å². The van der Waals surface area contributed by atoms with Crippen LogP contribution < -0.4 is 15.8 Å². The highest BCUT2D eigenvalue weighted by Crippen LogP contribution is 2.23. The van der Waals surface area contributed by atoms with E-state index in [1.54, 1.807) is 6.07 Å². The number of nitriles is 1. The number of rotatable bonds is 6. The van der Waals surface area contributed by atoms with E-state index in [1.165, 1.54) is 36.4 Å². The highest BCUT2D eigenvalue weighted by molar-refractivity contribution is 6.10. The van der Waals surface area contributed by atoms with Gasteiger partial charge in [0.05, 0.1) is 16.7 Å². The number of ether oxygens (including phenoxy) is 1. The molecular formula is C17H13N3O5. The molecular weight excluding hydrogens is 326 g/mol. The molecule has 0 aliphatic rings. The van der Waals surface area contributed by atoms with Crippen molar-refractivity contribution in [2.75, 3.05) is 11.9 Å². The molecule has 25 heavy (non-hydrogen) atoms. The lowest BCUT2D eigenvalue weighted by Crippen LogP contribution is -2.20. The predicted molar refractivity (Wildman–Crippen MR) is 87.2 cm³/mol. The number of aromatic carboxylic acids is 1. The molecule has 0 fully saturated rings. The molecule has 2 aromatic rings. The van der Waals surface area contributed by atoms with Crippen molar-refractivity contribution in [2.45, 2.75) is 0 Å². The van der Waals surface area contributed by atoms with Gasteiger partial charge in [-0.15, -0.1) is 0 Å². The quantitative estimate of drug-likeness (QED) is 0.725. The molecule has 0 bridgehead atoms. The van der Waals surface area contributed by atoms with Crippen molar-refractivity contribution in [3.05, 3.63) is 59.2 Å². The summed E-state index contributed by atoms with van der Waals surface area (Å²) in [6.07, 6.45) is 0. The zero-order valence-electron chi connectivity index (χ0n) is 12.9. The minimum Gasteiger partial charge on any atom is -0.482 e. The van der Waals surface area contributed by atoms with Gasteiger partial charge < -0.3 is 20.9 Å². The summed E-state index contributed by atoms with van der Waals surface area (Å²) >= 11 is 0. The molecule has 0 aromatic heterocycles. The van der Waals surface area contributed by atoms with E-state index in [-0.39, 0.29) is 34.7 Å². The average Bonchev–Trinajstić information content (AvgIpc) is 2.60. The second-order valence-electron chi connectivity index (χ2n) is 4.88. The molecule has 126 valence electrons. The lowest BCUT2D eigenvalue weighted by Gasteiger charge is -2.10. The lowest BCUT2D eigenvalue weighted by molar-refractivity contribution is -0.119. The molecule has 0 atom stereocenters. The summed E-state index contributed by atoms with van der Waals surface area (Å²) < 4.78 is 5.10. The second kappa shape index (κ2) is 7.61. The first-order valence-electron chi connectivity index (χ1n) is 7.01. The molecule has 2 aromatic carbocycles. The summed E-state index contributed by atoms with van der Waals surface area (Å²) in [5.74, 6) is -2.40. The molecule has 0 unspecified atom stereocenters. The van der Waals surface area contributed by atoms with Gasteiger partial charge in [-0.05, 0) is 30.3 Å². The predicted octanol–water partition coefficient (Wildman–Crippen LogP) is 1.37. The largest absolute Gasteiger partial charge is 0.482 e. The monoisotopic (exact) mass is 339 g/mol. The second-order valence-corrected chi connectivity index (χ2v) is 4.88. The highest BCUT2D eigenvalue weighted by atomic mass is 16.5. The fourth-order valence-electron chi connectivity index (χ4n) is 2.04. The Hall–Kier alpha value is -3.86. The number of carbonyl (C=O) groups is 3. The van der Waals surface area contributed by atoms with E-state index in [1.807, 2.05) is 6.07 Å². The van der Waals surface area contributed by atoms with E-state index in [4.69, 9.17) is 20.8 Å². The first-order valence-corrected chi connectivity index (χ1v) is 7.01. The number of hydrogen-bond donors (Lipinski definition) is 3. The van der Waals surface area contributed by atoms with Gasteiger partial charge in [0.1, 0.15) is 11.8 Å². The van der Waals surface area contributed by atoms with Gasteiger partial charge >= 0.3 is 5.97 Å². The van der Waals surface area contributed by atoms with Crippen molar-refractivity contribution in [1.82, 2.24) is 0 Å². The number of hydrogen-bond acceptors (Lipinski definition) is 5. The van der Waals surface area contributed by atoms with Crippen LogP contribution in [0.2, 0.25) is 0 Å². The van der Waals surface area contributed by atoms with Gasteiger partial charge in [0, 0.05) is 5.69 Å². The van der Waals surface area contributed by atoms with Crippen molar-refractivity contribution in [3.63, 3.8) is 0 Å². The maximum atomic E-state index is 12.3. The average molecular weight is 339 g/mol. The summed E-state index contributed by atoms with van der Waals surface area (Å²) in [5, 5.41) is 20.8. The number of anilines is 1. The van der Waals surface area contributed by atoms with Crippen LogP contribution in [0.4, 0.5) is 5.69 Å². The number of carboxylic acids is 1. The molecule has 0 spiro atoms. The van der Waals surface area contributed by atoms with Crippen LogP contribution >= 0.6 is 0 Å². The van der Waals surface area contributed by atoms with Gasteiger partial charge in [0.2, 0.25) is 0 Å². The Morgan fingerprint density at radius 1 is 1.16 bits per heavy atom. The molecule has 4 N–H and O–H groups in total. The zero-order chi connectivity index (χ0) is 18.4. The van der Waals surface area contributed by atoms with E-state index in [2.05, 4.69) is 5.32 Å². The fraction of sp³-hybridized carbons (Fsp3) is 0.0588. The molecule has 0 saturated carbocycles. The van der Waals surface area contributed by atoms with Crippen LogP contribution in [0.25, 0.3) is 0 Å². The number of amides is 2. The normalized spacial score (nSPS) is 9.72. The number of carboxylic acid groups (broad SMARTS) is 1. The van der Waals surface area contributed by atoms with Crippen LogP contribution in [0.5, 0.6) is 5.75 Å². The van der Waals surface area contributed by atoms with E-state index < -0.39 is 17.8 Å². The molecule has 8 nitrogen and oxygen atoms in total. The number of nitrogens with one attached hydrogen (secondary N) is 1. The number of benzene rings is 2. The van der Waals surface area contributed by atoms with Gasteiger partial charge in [-0.25, -0.2) is 4.79 Å². The van der Waals surface area contributed by atoms with Crippen molar-refractivity contribution in [3.8, 4) is 11.8 Å². The Morgan fingerprint density at radius 3 is 2.44 bits per heavy atom. The minimum absolute atomic E-state index is 0.0115. The highest BCUT2D eigenvalue weighted by Gasteiger charge is 2.16. The van der Waals surface area contributed by atoms with Crippen LogP contribution in [0, 0.1) is 11.3 Å². The number of nitrogens with two attached hydrogens (primary N) is 1. The molecule has 2 rings (SSSR count). The lowest BCUT2D eigenvalue weighted by atomic mass is 10.1. The SMILES string of the molecule is N#Cc1cc(NC(=O)c2ccccc2C(=O)O)ccc1OCC(N)=O. The van der Waals surface area contributed by atoms with E-state index in [9.17, 15) is 14.4 Å². The Kier molecular flexibility index (Phi) is 5.32. The topological polar surface area (TPSA) is 143 Å². The van der Waals surface area contributed by atoms with Crippen molar-refractivity contribution < 1.29 is 24.2 Å². The zero-order valence-corrected chi connectivity index (χ0v) is 12.9. The van der Waals surface area contributed by atoms with E-state index in [0.29, 0.717) is 0 Å². The Labute approximate surface area is 142 Å². The van der Waals surface area contributed by atoms with Crippen LogP contribution in [0.15, 0.2) is 42.5 Å². The third-order valence-electron chi connectivity index (χ3n) is 3.13. The van der Waals surface area contributed by atoms with Gasteiger partial charge in [-0.2, -0.15) is 5.26 Å². The Balaban J connectivity index is 2.23. The van der Waals surface area contributed by atoms with Gasteiger partial charge in [-0.3, -0.25) is 9.59 Å². The molecule has 8 heteroatoms. The fourth-order valence-corrected chi connectivity index (χ4v) is 2.04. The number of nitrogens with zero attached hydrogens (tertiary/aromatic N) is 1. The number of carbonyl (C=O) groups excluding carboxylic acids is 2. The maximum absolute atomic E-state index is 12.3. The molecule has 0 saturated heterocycles. The maximum Gasteiger partial charge on any atom is 0.336 e. The third kappa shape index (κ3) is 4.33. The smallest absolute Gasteiger partial charge is 0.336 e. The first-order chi connectivity index (χ1) is 11.9. The van der Waals surface area contributed by atoms with E-state index >= 15 is 0 Å². The standard InChI is InChI=1S/C17H13N3O5/c18-8-10-7-11(5-6-14(10)25-9-15(19)21)20-16(22)12-3-1-2-4-13(12)17(23)24/h1-7H,9H2,(H2,19,21)(H,20,22)(H,23,24). The van der Waals surface area contributed by atoms with Gasteiger partial charge in [0.25, 0.3) is 11.8 Å². The summed E-state index contributed by atoms with van der Waals surface area (Å²) in [7, 11) is 0. The van der Waals surface area contributed by atoms with E-state index in [0.717, 1.165) is 0 Å². The summed E-state index contributed by atoms with van der Waals surface area (Å²) in [4.78, 5) is 34.2. The summed E-state index contributed by atoms with van der Waals surface area (Å²) in [6.45, 7) is -0.383. The molecule has 2 amide bonds. The Bertz CT molecular complexity index is 886.